The summed E-state index contributed by atoms with van der Waals surface area (Å²) in [4.78, 5) is 17.3. The summed E-state index contributed by atoms with van der Waals surface area (Å²) in [6.45, 7) is 4.06. The summed E-state index contributed by atoms with van der Waals surface area (Å²) >= 11 is 0. The van der Waals surface area contributed by atoms with Gasteiger partial charge in [-0.1, -0.05) is 12.1 Å². The Kier molecular flexibility index (Phi) is 4.37. The maximum absolute atomic E-state index is 12.2. The molecule has 6 nitrogen and oxygen atoms in total. The summed E-state index contributed by atoms with van der Waals surface area (Å²) < 4.78 is 0. The van der Waals surface area contributed by atoms with Gasteiger partial charge in [-0.2, -0.15) is 5.26 Å². The summed E-state index contributed by atoms with van der Waals surface area (Å²) in [5, 5.41) is 21.8. The van der Waals surface area contributed by atoms with Crippen LogP contribution in [0.4, 0.5) is 0 Å². The van der Waals surface area contributed by atoms with Gasteiger partial charge in [-0.15, -0.1) is 0 Å². The Bertz CT molecular complexity index is 836. The number of carbonyl (C=O) groups excluding carboxylic acids is 1. The molecule has 0 heterocycles. The van der Waals surface area contributed by atoms with Crippen LogP contribution in [0.15, 0.2) is 29.3 Å². The summed E-state index contributed by atoms with van der Waals surface area (Å²) in [6.07, 6.45) is 6.83. The highest BCUT2D eigenvalue weighted by Gasteiger charge is 2.58. The van der Waals surface area contributed by atoms with Crippen molar-refractivity contribution in [2.75, 3.05) is 0 Å². The Morgan fingerprint density at radius 2 is 1.86 bits per heavy atom. The number of aliphatic imine (C=N–C) groups is 1. The maximum Gasteiger partial charge on any atom is 0.223 e. The lowest BCUT2D eigenvalue weighted by atomic mass is 9.47. The number of carbonyl (C=O) groups is 1. The van der Waals surface area contributed by atoms with E-state index in [1.54, 1.807) is 12.1 Å². The monoisotopic (exact) mass is 380 g/mol. The first-order valence-electron chi connectivity index (χ1n) is 10.1. The zero-order valence-electron chi connectivity index (χ0n) is 16.5. The van der Waals surface area contributed by atoms with E-state index in [2.05, 4.69) is 5.32 Å². The molecular formula is C22H28N4O2. The molecule has 1 amide bonds. The normalized spacial score (nSPS) is 34.1. The Labute approximate surface area is 165 Å². The van der Waals surface area contributed by atoms with Gasteiger partial charge in [0.25, 0.3) is 0 Å². The van der Waals surface area contributed by atoms with Gasteiger partial charge in [0.1, 0.15) is 11.6 Å². The molecule has 2 atom stereocenters. The maximum atomic E-state index is 12.2. The Morgan fingerprint density at radius 1 is 1.25 bits per heavy atom. The SMILES string of the molecule is CC(C)(C(=NC1C2CC3CC1CC(C(N)=O)(C3)C2)NC#N)c1ccc(O)cc1. The average Bonchev–Trinajstić information content (AvgIpc) is 2.63. The first-order valence-corrected chi connectivity index (χ1v) is 10.1. The number of phenolic OH excluding ortho intramolecular Hbond substituents is 1. The molecule has 1 aromatic rings. The van der Waals surface area contributed by atoms with Crippen LogP contribution in [0, 0.1) is 34.6 Å². The van der Waals surface area contributed by atoms with Crippen LogP contribution in [0.2, 0.25) is 0 Å². The molecule has 2 unspecified atom stereocenters. The van der Waals surface area contributed by atoms with Crippen LogP contribution in [-0.4, -0.2) is 22.9 Å². The zero-order valence-corrected chi connectivity index (χ0v) is 16.5. The second kappa shape index (κ2) is 6.51. The summed E-state index contributed by atoms with van der Waals surface area (Å²) in [5.41, 5.74) is 5.93. The molecule has 1 aromatic carbocycles. The lowest BCUT2D eigenvalue weighted by Crippen LogP contribution is -2.57. The predicted molar refractivity (Wildman–Crippen MR) is 106 cm³/mol. The van der Waals surface area contributed by atoms with Crippen molar-refractivity contribution < 1.29 is 9.90 Å². The highest BCUT2D eigenvalue weighted by atomic mass is 16.3. The molecule has 0 saturated heterocycles. The van der Waals surface area contributed by atoms with E-state index in [1.165, 1.54) is 0 Å². The highest BCUT2D eigenvalue weighted by Crippen LogP contribution is 2.60. The number of nitriles is 1. The number of amides is 1. The van der Waals surface area contributed by atoms with Crippen LogP contribution >= 0.6 is 0 Å². The summed E-state index contributed by atoms with van der Waals surface area (Å²) in [5.74, 6) is 1.99. The van der Waals surface area contributed by atoms with Crippen molar-refractivity contribution in [2.24, 2.45) is 33.9 Å². The van der Waals surface area contributed by atoms with Gasteiger partial charge >= 0.3 is 0 Å². The van der Waals surface area contributed by atoms with Gasteiger partial charge in [-0.3, -0.25) is 15.1 Å². The van der Waals surface area contributed by atoms with Crippen molar-refractivity contribution in [1.29, 1.82) is 5.26 Å². The Balaban J connectivity index is 1.67. The fraction of sp³-hybridized carbons (Fsp3) is 0.591. The first-order chi connectivity index (χ1) is 13.2. The Morgan fingerprint density at radius 3 is 2.39 bits per heavy atom. The molecular weight excluding hydrogens is 352 g/mol. The fourth-order valence-electron chi connectivity index (χ4n) is 6.08. The van der Waals surface area contributed by atoms with Crippen LogP contribution in [-0.2, 0) is 10.2 Å². The number of nitrogens with zero attached hydrogens (tertiary/aromatic N) is 2. The van der Waals surface area contributed by atoms with Gasteiger partial charge in [0.15, 0.2) is 6.19 Å². The van der Waals surface area contributed by atoms with E-state index < -0.39 is 5.41 Å². The van der Waals surface area contributed by atoms with Crippen molar-refractivity contribution >= 4 is 11.7 Å². The predicted octanol–water partition coefficient (Wildman–Crippen LogP) is 2.82. The van der Waals surface area contributed by atoms with Crippen LogP contribution in [0.25, 0.3) is 0 Å². The van der Waals surface area contributed by atoms with Crippen molar-refractivity contribution in [3.8, 4) is 11.9 Å². The second-order valence-corrected chi connectivity index (χ2v) is 9.49. The van der Waals surface area contributed by atoms with Crippen LogP contribution in [0.5, 0.6) is 5.75 Å². The number of phenols is 1. The molecule has 148 valence electrons. The molecule has 6 heteroatoms. The minimum absolute atomic E-state index is 0.122. The zero-order chi connectivity index (χ0) is 20.1. The number of nitrogens with two attached hydrogens (primary N) is 1. The van der Waals surface area contributed by atoms with Gasteiger partial charge in [0, 0.05) is 10.8 Å². The molecule has 5 rings (SSSR count). The van der Waals surface area contributed by atoms with Gasteiger partial charge in [0.2, 0.25) is 5.91 Å². The van der Waals surface area contributed by atoms with Gasteiger partial charge in [-0.25, -0.2) is 0 Å². The van der Waals surface area contributed by atoms with E-state index in [1.807, 2.05) is 32.2 Å². The number of nitrogens with one attached hydrogen (secondary N) is 1. The molecule has 4 fully saturated rings. The van der Waals surface area contributed by atoms with E-state index in [0.717, 1.165) is 37.7 Å². The minimum Gasteiger partial charge on any atom is -0.508 e. The molecule has 0 aliphatic heterocycles. The molecule has 4 aliphatic rings. The van der Waals surface area contributed by atoms with Gasteiger partial charge < -0.3 is 10.8 Å². The molecule has 4 N–H and O–H groups in total. The second-order valence-electron chi connectivity index (χ2n) is 9.49. The van der Waals surface area contributed by atoms with E-state index in [4.69, 9.17) is 10.7 Å². The number of rotatable bonds is 4. The van der Waals surface area contributed by atoms with Crippen molar-refractivity contribution in [3.63, 3.8) is 0 Å². The molecule has 4 saturated carbocycles. The third-order valence-electron chi connectivity index (χ3n) is 7.38. The standard InChI is InChI=1S/C22H28N4O2/c1-21(2,16-3-5-17(27)6-4-16)20(25-12-23)26-18-14-7-13-8-15(18)11-22(9-13,10-14)19(24)28/h3-6,13-15,18,27H,7-11H2,1-2H3,(H2,24,28)(H,25,26). The number of hydrogen-bond donors (Lipinski definition) is 3. The number of amidine groups is 1. The smallest absolute Gasteiger partial charge is 0.223 e. The number of aromatic hydroxyl groups is 1. The van der Waals surface area contributed by atoms with E-state index in [9.17, 15) is 15.2 Å². The average molecular weight is 380 g/mol. The number of benzene rings is 1. The largest absolute Gasteiger partial charge is 0.508 e. The molecule has 0 radical (unpaired) electrons. The number of hydrogen-bond acceptors (Lipinski definition) is 4. The third kappa shape index (κ3) is 2.94. The number of primary amides is 1. The summed E-state index contributed by atoms with van der Waals surface area (Å²) in [6, 6.07) is 7.16. The molecule has 4 aliphatic carbocycles. The van der Waals surface area contributed by atoms with Crippen molar-refractivity contribution in [1.82, 2.24) is 5.32 Å². The molecule has 0 spiro atoms. The first kappa shape index (κ1) is 18.8. The van der Waals surface area contributed by atoms with E-state index in [0.29, 0.717) is 23.6 Å². The van der Waals surface area contributed by atoms with E-state index in [-0.39, 0.29) is 23.1 Å². The van der Waals surface area contributed by atoms with Crippen LogP contribution in [0.1, 0.15) is 51.5 Å². The van der Waals surface area contributed by atoms with Crippen molar-refractivity contribution in [3.05, 3.63) is 29.8 Å². The molecule has 0 aromatic heterocycles. The van der Waals surface area contributed by atoms with E-state index >= 15 is 0 Å². The highest BCUT2D eigenvalue weighted by molar-refractivity contribution is 5.93. The lowest BCUT2D eigenvalue weighted by molar-refractivity contribution is -0.144. The van der Waals surface area contributed by atoms with Gasteiger partial charge in [0.05, 0.1) is 6.04 Å². The quantitative estimate of drug-likeness (QED) is 0.323. The van der Waals surface area contributed by atoms with Crippen LogP contribution in [0.3, 0.4) is 0 Å². The summed E-state index contributed by atoms with van der Waals surface area (Å²) in [7, 11) is 0. The van der Waals surface area contributed by atoms with Gasteiger partial charge in [-0.05, 0) is 81.4 Å². The fourth-order valence-corrected chi connectivity index (χ4v) is 6.08. The topological polar surface area (TPSA) is 111 Å². The third-order valence-corrected chi connectivity index (χ3v) is 7.38. The molecule has 4 bridgehead atoms. The minimum atomic E-state index is -0.501. The van der Waals surface area contributed by atoms with Crippen molar-refractivity contribution in [2.45, 2.75) is 57.4 Å². The lowest BCUT2D eigenvalue weighted by Gasteiger charge is -2.58. The molecule has 28 heavy (non-hydrogen) atoms. The van der Waals surface area contributed by atoms with Crippen LogP contribution < -0.4 is 11.1 Å². The Hall–Kier alpha value is -2.55.